The Balaban J connectivity index is 0.000000523. The first-order valence-electron chi connectivity index (χ1n) is 27.9. The Morgan fingerprint density at radius 3 is 1.51 bits per heavy atom. The van der Waals surface area contributed by atoms with Crippen molar-refractivity contribution in [3.05, 3.63) is 30.3 Å². The van der Waals surface area contributed by atoms with Crippen molar-refractivity contribution in [1.82, 2.24) is 10.6 Å². The number of rotatable bonds is 37. The molecule has 0 unspecified atom stereocenters. The summed E-state index contributed by atoms with van der Waals surface area (Å²) in [5.74, 6) is 0.532. The summed E-state index contributed by atoms with van der Waals surface area (Å²) in [5, 5.41) is 24.0. The van der Waals surface area contributed by atoms with Crippen LogP contribution in [0.2, 0.25) is 49.8 Å². The molecule has 2 aliphatic rings. The monoisotopic (exact) mass is 1240 g/mol. The number of benzene rings is 1. The quantitative estimate of drug-likeness (QED) is 0.0302. The molecule has 1 saturated heterocycles. The number of aliphatic hydroxyl groups is 2. The van der Waals surface area contributed by atoms with Gasteiger partial charge in [0.25, 0.3) is 0 Å². The van der Waals surface area contributed by atoms with Gasteiger partial charge in [0.2, 0.25) is 0 Å². The molecule has 2 fully saturated rings. The standard InChI is InChI=1S/C15H25N2O3.C6H5.2C4H9O.6C4H9.2CH3.3Sn/c1-2-3-10-20-13(18)7-5-4-6-11-8-9-12-14(11)17-15(19)16-12;1-2-4-6-5-3-1;2*1-2-3-4-5;6*1-3-4-2;;;;;/h11-12,14H,1-10H2,(H2,16,17,19);1-5H;2*5H,1-4H2;6*1,3-4H2,2H3;2*1H3;;;/t11-,12+,14-;;;;;;;;;;;;;;/m1............../s1. The zero-order chi connectivity index (χ0) is 48.1. The predicted molar refractivity (Wildman–Crippen MR) is 291 cm³/mol. The first-order valence-corrected chi connectivity index (χ1v) is 53.2. The normalized spacial score (nSPS) is 17.1. The Morgan fingerprint density at radius 2 is 1.02 bits per heavy atom. The summed E-state index contributed by atoms with van der Waals surface area (Å²) >= 11 is -5.82. The minimum absolute atomic E-state index is 0.0154. The maximum absolute atomic E-state index is 12.0. The third-order valence-corrected chi connectivity index (χ3v) is 57.6. The fraction of sp³-hybridized carbons (Fsp3) is 0.855. The predicted octanol–water partition coefficient (Wildman–Crippen LogP) is 15.2. The molecule has 10 heteroatoms. The number of carbonyl (C=O) groups is 2. The van der Waals surface area contributed by atoms with Gasteiger partial charge in [-0.3, -0.25) is 0 Å². The van der Waals surface area contributed by atoms with Gasteiger partial charge >= 0.3 is 392 Å². The van der Waals surface area contributed by atoms with Crippen LogP contribution in [0.5, 0.6) is 0 Å². The van der Waals surface area contributed by atoms with Gasteiger partial charge in [-0.2, -0.15) is 0 Å². The van der Waals surface area contributed by atoms with E-state index in [1.165, 1.54) is 134 Å². The van der Waals surface area contributed by atoms with Gasteiger partial charge in [-0.05, 0) is 6.42 Å². The van der Waals surface area contributed by atoms with Crippen molar-refractivity contribution in [2.45, 2.75) is 258 Å². The van der Waals surface area contributed by atoms with Crippen LogP contribution < -0.4 is 14.2 Å². The van der Waals surface area contributed by atoms with Crippen LogP contribution in [-0.2, 0) is 9.53 Å². The summed E-state index contributed by atoms with van der Waals surface area (Å²) in [4.78, 5) is 28.8. The molecule has 3 rings (SSSR count). The van der Waals surface area contributed by atoms with E-state index in [4.69, 9.17) is 14.9 Å². The Kier molecular flexibility index (Phi) is 38.9. The number of fused-ring (bicyclic) bond motifs is 1. The topological polar surface area (TPSA) is 108 Å². The molecule has 3 atom stereocenters. The number of ether oxygens (including phenoxy) is 1. The van der Waals surface area contributed by atoms with Gasteiger partial charge in [0.1, 0.15) is 0 Å². The van der Waals surface area contributed by atoms with E-state index < -0.39 is 55.1 Å². The van der Waals surface area contributed by atoms with Gasteiger partial charge in [-0.25, -0.2) is 4.79 Å². The molecule has 4 N–H and O–H groups in total. The molecule has 65 heavy (non-hydrogen) atoms. The van der Waals surface area contributed by atoms with Crippen LogP contribution in [-0.4, -0.2) is 109 Å². The average molecular weight is 1230 g/mol. The average Bonchev–Trinajstić information content (AvgIpc) is 3.88. The third kappa shape index (κ3) is 28.7. The van der Waals surface area contributed by atoms with Crippen molar-refractivity contribution in [2.75, 3.05) is 19.8 Å². The molecule has 0 bridgehead atoms. The van der Waals surface area contributed by atoms with E-state index in [0.29, 0.717) is 44.2 Å². The molecule has 1 aromatic rings. The molecular weight excluding hydrogens is 1120 g/mol. The first-order chi connectivity index (χ1) is 31.4. The van der Waals surface area contributed by atoms with Crippen LogP contribution in [0, 0.1) is 5.92 Å². The van der Waals surface area contributed by atoms with Crippen molar-refractivity contribution in [3.63, 3.8) is 0 Å². The van der Waals surface area contributed by atoms with E-state index in [1.54, 1.807) is 12.5 Å². The van der Waals surface area contributed by atoms with Gasteiger partial charge in [0, 0.05) is 0 Å². The molecular formula is C55H108N2O5Sn3. The molecule has 380 valence electrons. The smallest absolute Gasteiger partial charge is 0.333 e. The van der Waals surface area contributed by atoms with E-state index >= 15 is 0 Å². The Morgan fingerprint density at radius 1 is 0.569 bits per heavy atom. The number of esters is 1. The van der Waals surface area contributed by atoms with Crippen molar-refractivity contribution >= 4 is 70.7 Å². The SMILES string of the molecule is CCC[CH2][Sn]([CH2]CCC)([CH2]CCCO)[c]1ccccc1.CCC[CH2][Sn]([CH3])([CH2]CCC)[CH2]CCCO.CCC[CH2][Sn]([CH3])([CH2]CCC)[CH2]CCCOC(=O)CCCC[C@@H]1CC[C@@H]2NC(=O)N[C@H]12. The summed E-state index contributed by atoms with van der Waals surface area (Å²) in [5.41, 5.74) is 0. The van der Waals surface area contributed by atoms with Crippen molar-refractivity contribution in [1.29, 1.82) is 0 Å². The summed E-state index contributed by atoms with van der Waals surface area (Å²) in [7, 11) is 0. The van der Waals surface area contributed by atoms with Crippen LogP contribution >= 0.6 is 0 Å². The van der Waals surface area contributed by atoms with E-state index in [1.807, 2.05) is 0 Å². The van der Waals surface area contributed by atoms with E-state index in [-0.39, 0.29) is 12.0 Å². The molecule has 1 aliphatic heterocycles. The fourth-order valence-electron chi connectivity index (χ4n) is 10.8. The van der Waals surface area contributed by atoms with Crippen LogP contribution in [0.4, 0.5) is 4.79 Å². The number of aliphatic hydroxyl groups excluding tert-OH is 2. The summed E-state index contributed by atoms with van der Waals surface area (Å²) in [6.45, 7) is 15.2. The van der Waals surface area contributed by atoms with Crippen LogP contribution in [0.25, 0.3) is 0 Å². The molecule has 2 amide bonds. The molecule has 1 heterocycles. The van der Waals surface area contributed by atoms with Gasteiger partial charge in [0.05, 0.1) is 6.04 Å². The van der Waals surface area contributed by atoms with Crippen LogP contribution in [0.1, 0.15) is 196 Å². The first kappa shape index (κ1) is 63.3. The number of carbonyl (C=O) groups excluding carboxylic acids is 2. The van der Waals surface area contributed by atoms with Gasteiger partial charge in [-0.15, -0.1) is 0 Å². The number of unbranched alkanes of at least 4 members (excludes halogenated alkanes) is 10. The Bertz CT molecular complexity index is 1260. The Hall–Kier alpha value is 0.276. The number of hydrogen-bond acceptors (Lipinski definition) is 5. The van der Waals surface area contributed by atoms with Gasteiger partial charge in [-0.1, -0.05) is 0 Å². The molecule has 1 saturated carbocycles. The second-order valence-corrected chi connectivity index (χ2v) is 63.7. The van der Waals surface area contributed by atoms with Gasteiger partial charge < -0.3 is 10.6 Å². The zero-order valence-electron chi connectivity index (χ0n) is 44.2. The fourth-order valence-corrected chi connectivity index (χ4v) is 50.8. The van der Waals surface area contributed by atoms with Crippen molar-refractivity contribution in [2.24, 2.45) is 5.92 Å². The minimum Gasteiger partial charge on any atom is -0.333 e. The number of nitrogens with one attached hydrogen (secondary N) is 2. The van der Waals surface area contributed by atoms with Crippen LogP contribution in [0.3, 0.4) is 0 Å². The summed E-state index contributed by atoms with van der Waals surface area (Å²) in [6, 6.07) is 12.0. The van der Waals surface area contributed by atoms with Crippen LogP contribution in [0.15, 0.2) is 30.3 Å². The second-order valence-electron chi connectivity index (χ2n) is 21.3. The third-order valence-electron chi connectivity index (χ3n) is 15.2. The summed E-state index contributed by atoms with van der Waals surface area (Å²) < 4.78 is 20.8. The van der Waals surface area contributed by atoms with E-state index in [2.05, 4.69) is 92.4 Å². The maximum atomic E-state index is 12.0. The molecule has 0 aromatic heterocycles. The molecule has 7 nitrogen and oxygen atoms in total. The second kappa shape index (κ2) is 39.9. The molecule has 0 radical (unpaired) electrons. The van der Waals surface area contributed by atoms with Gasteiger partial charge in [0.15, 0.2) is 0 Å². The van der Waals surface area contributed by atoms with E-state index in [0.717, 1.165) is 44.9 Å². The molecule has 1 aliphatic carbocycles. The Labute approximate surface area is 415 Å². The van der Waals surface area contributed by atoms with Crippen molar-refractivity contribution < 1.29 is 24.5 Å². The molecule has 1 aromatic carbocycles. The van der Waals surface area contributed by atoms with Crippen molar-refractivity contribution in [3.8, 4) is 0 Å². The zero-order valence-corrected chi connectivity index (χ0v) is 52.8. The number of urea groups is 1. The summed E-state index contributed by atoms with van der Waals surface area (Å²) in [6.07, 6.45) is 29.2. The van der Waals surface area contributed by atoms with E-state index in [9.17, 15) is 9.59 Å². The molecule has 0 spiro atoms. The number of amides is 2. The number of hydrogen-bond donors (Lipinski definition) is 4. The minimum atomic E-state index is -2.23.